The topological polar surface area (TPSA) is 84.6 Å². The third kappa shape index (κ3) is 5.77. The van der Waals surface area contributed by atoms with Gasteiger partial charge in [0.25, 0.3) is 5.69 Å². The van der Waals surface area contributed by atoms with Crippen molar-refractivity contribution in [2.45, 2.75) is 6.42 Å². The van der Waals surface area contributed by atoms with E-state index in [1.165, 1.54) is 18.3 Å². The molecule has 0 bridgehead atoms. The first kappa shape index (κ1) is 17.6. The first-order chi connectivity index (χ1) is 11.5. The number of nitro groups is 1. The number of hydrogen-bond acceptors (Lipinski definition) is 4. The van der Waals surface area contributed by atoms with Gasteiger partial charge in [-0.15, -0.1) is 0 Å². The summed E-state index contributed by atoms with van der Waals surface area (Å²) in [5.74, 6) is -0.211. The van der Waals surface area contributed by atoms with E-state index in [-0.39, 0.29) is 18.0 Å². The zero-order valence-electron chi connectivity index (χ0n) is 12.6. The molecule has 0 saturated heterocycles. The fourth-order valence-corrected chi connectivity index (χ4v) is 2.11. The minimum absolute atomic E-state index is 0.0426. The van der Waals surface area contributed by atoms with Crippen molar-refractivity contribution < 1.29 is 9.72 Å². The van der Waals surface area contributed by atoms with Gasteiger partial charge in [-0.2, -0.15) is 5.10 Å². The molecule has 2 rings (SSSR count). The predicted octanol–water partition coefficient (Wildman–Crippen LogP) is 3.72. The molecule has 0 spiro atoms. The number of nitro benzene ring substituents is 1. The van der Waals surface area contributed by atoms with Crippen LogP contribution in [0, 0.1) is 10.1 Å². The van der Waals surface area contributed by atoms with Crippen LogP contribution >= 0.6 is 15.9 Å². The van der Waals surface area contributed by atoms with Crippen LogP contribution in [0.1, 0.15) is 11.1 Å². The Labute approximate surface area is 147 Å². The van der Waals surface area contributed by atoms with Gasteiger partial charge in [0.15, 0.2) is 0 Å². The molecule has 2 aromatic carbocycles. The second-order valence-corrected chi connectivity index (χ2v) is 5.74. The highest BCUT2D eigenvalue weighted by molar-refractivity contribution is 9.10. The molecular weight excluding hydrogens is 374 g/mol. The number of halogens is 1. The Morgan fingerprint density at radius 3 is 2.46 bits per heavy atom. The van der Waals surface area contributed by atoms with Crippen molar-refractivity contribution in [3.05, 3.63) is 80.3 Å². The molecule has 1 amide bonds. The third-order valence-corrected chi connectivity index (χ3v) is 3.55. The molecule has 0 atom stereocenters. The molecule has 1 N–H and O–H groups in total. The first-order valence-corrected chi connectivity index (χ1v) is 7.81. The Hall–Kier alpha value is -2.80. The van der Waals surface area contributed by atoms with Crippen molar-refractivity contribution in [1.29, 1.82) is 0 Å². The molecule has 0 aromatic heterocycles. The summed E-state index contributed by atoms with van der Waals surface area (Å²) in [5, 5.41) is 14.4. The van der Waals surface area contributed by atoms with E-state index in [0.717, 1.165) is 15.6 Å². The molecule has 0 unspecified atom stereocenters. The van der Waals surface area contributed by atoms with Gasteiger partial charge in [-0.3, -0.25) is 14.9 Å². The fourth-order valence-electron chi connectivity index (χ4n) is 1.84. The SMILES string of the molecule is O=C(Cc1ccc(Br)cc1)NN=CC=Cc1ccc([N+](=O)[O-])cc1. The Morgan fingerprint density at radius 2 is 1.83 bits per heavy atom. The van der Waals surface area contributed by atoms with E-state index in [0.29, 0.717) is 0 Å². The minimum Gasteiger partial charge on any atom is -0.273 e. The van der Waals surface area contributed by atoms with Gasteiger partial charge < -0.3 is 0 Å². The van der Waals surface area contributed by atoms with Crippen molar-refractivity contribution in [2.24, 2.45) is 5.10 Å². The Balaban J connectivity index is 1.80. The smallest absolute Gasteiger partial charge is 0.269 e. The summed E-state index contributed by atoms with van der Waals surface area (Å²) in [6, 6.07) is 13.6. The Bertz CT molecular complexity index is 769. The summed E-state index contributed by atoms with van der Waals surface area (Å²) in [6.45, 7) is 0. The summed E-state index contributed by atoms with van der Waals surface area (Å²) in [7, 11) is 0. The van der Waals surface area contributed by atoms with Crippen LogP contribution in [0.5, 0.6) is 0 Å². The molecule has 122 valence electrons. The first-order valence-electron chi connectivity index (χ1n) is 7.02. The van der Waals surface area contributed by atoms with E-state index in [9.17, 15) is 14.9 Å². The lowest BCUT2D eigenvalue weighted by molar-refractivity contribution is -0.384. The maximum atomic E-state index is 11.7. The number of nitrogens with one attached hydrogen (secondary N) is 1. The van der Waals surface area contributed by atoms with E-state index in [1.54, 1.807) is 24.3 Å². The van der Waals surface area contributed by atoms with Gasteiger partial charge in [-0.1, -0.05) is 34.1 Å². The number of rotatable bonds is 6. The minimum atomic E-state index is -0.448. The zero-order valence-corrected chi connectivity index (χ0v) is 14.1. The molecule has 0 heterocycles. The highest BCUT2D eigenvalue weighted by atomic mass is 79.9. The molecule has 2 aromatic rings. The summed E-state index contributed by atoms with van der Waals surface area (Å²) in [6.07, 6.45) is 5.06. The summed E-state index contributed by atoms with van der Waals surface area (Å²) >= 11 is 3.34. The second kappa shape index (κ2) is 8.73. The quantitative estimate of drug-likeness (QED) is 0.465. The molecule has 6 nitrogen and oxygen atoms in total. The van der Waals surface area contributed by atoms with Crippen molar-refractivity contribution in [3.8, 4) is 0 Å². The number of carbonyl (C=O) groups excluding carboxylic acids is 1. The average Bonchev–Trinajstić information content (AvgIpc) is 2.57. The van der Waals surface area contributed by atoms with E-state index in [2.05, 4.69) is 26.5 Å². The van der Waals surface area contributed by atoms with Crippen LogP contribution in [0.2, 0.25) is 0 Å². The number of amides is 1. The van der Waals surface area contributed by atoms with Gasteiger partial charge in [0.2, 0.25) is 5.91 Å². The van der Waals surface area contributed by atoms with Crippen molar-refractivity contribution in [1.82, 2.24) is 5.43 Å². The molecule has 0 aliphatic carbocycles. The van der Waals surface area contributed by atoms with E-state index >= 15 is 0 Å². The number of allylic oxidation sites excluding steroid dienone is 1. The summed E-state index contributed by atoms with van der Waals surface area (Å²) < 4.78 is 0.959. The highest BCUT2D eigenvalue weighted by Gasteiger charge is 2.02. The molecule has 0 fully saturated rings. The van der Waals surface area contributed by atoms with Crippen molar-refractivity contribution in [3.63, 3.8) is 0 Å². The summed E-state index contributed by atoms with van der Waals surface area (Å²) in [5.41, 5.74) is 4.17. The number of non-ortho nitro benzene ring substituents is 1. The maximum absolute atomic E-state index is 11.7. The Morgan fingerprint density at radius 1 is 1.17 bits per heavy atom. The summed E-state index contributed by atoms with van der Waals surface area (Å²) in [4.78, 5) is 21.8. The van der Waals surface area contributed by atoms with Gasteiger partial charge >= 0.3 is 0 Å². The van der Waals surface area contributed by atoms with Crippen LogP contribution in [0.25, 0.3) is 6.08 Å². The van der Waals surface area contributed by atoms with Crippen molar-refractivity contribution >= 4 is 39.8 Å². The molecule has 0 aliphatic rings. The maximum Gasteiger partial charge on any atom is 0.269 e. The molecule has 7 heteroatoms. The molecule has 24 heavy (non-hydrogen) atoms. The van der Waals surface area contributed by atoms with Gasteiger partial charge in [-0.25, -0.2) is 5.43 Å². The van der Waals surface area contributed by atoms with Crippen LogP contribution in [0.3, 0.4) is 0 Å². The lowest BCUT2D eigenvalue weighted by Gasteiger charge is -2.00. The lowest BCUT2D eigenvalue weighted by atomic mass is 10.1. The van der Waals surface area contributed by atoms with E-state index < -0.39 is 4.92 Å². The van der Waals surface area contributed by atoms with Crippen LogP contribution in [0.15, 0.2) is 64.2 Å². The van der Waals surface area contributed by atoms with Crippen LogP contribution < -0.4 is 5.43 Å². The normalized spacial score (nSPS) is 11.0. The van der Waals surface area contributed by atoms with Gasteiger partial charge in [-0.05, 0) is 41.5 Å². The third-order valence-electron chi connectivity index (χ3n) is 3.02. The van der Waals surface area contributed by atoms with Gasteiger partial charge in [0.1, 0.15) is 0 Å². The molecular formula is C17H14BrN3O3. The number of carbonyl (C=O) groups is 1. The van der Waals surface area contributed by atoms with E-state index in [1.807, 2.05) is 24.3 Å². The van der Waals surface area contributed by atoms with Crippen LogP contribution in [0.4, 0.5) is 5.69 Å². The Kier molecular flexibility index (Phi) is 6.39. The highest BCUT2D eigenvalue weighted by Crippen LogP contribution is 2.12. The number of nitrogens with zero attached hydrogens (tertiary/aromatic N) is 2. The molecule has 0 aliphatic heterocycles. The lowest BCUT2D eigenvalue weighted by Crippen LogP contribution is -2.19. The zero-order chi connectivity index (χ0) is 17.4. The van der Waals surface area contributed by atoms with Crippen LogP contribution in [-0.4, -0.2) is 17.0 Å². The van der Waals surface area contributed by atoms with Crippen LogP contribution in [-0.2, 0) is 11.2 Å². The van der Waals surface area contributed by atoms with E-state index in [4.69, 9.17) is 0 Å². The van der Waals surface area contributed by atoms with Gasteiger partial charge in [0, 0.05) is 22.8 Å². The number of hydrazone groups is 1. The second-order valence-electron chi connectivity index (χ2n) is 4.82. The van der Waals surface area contributed by atoms with Gasteiger partial charge in [0.05, 0.1) is 11.3 Å². The largest absolute Gasteiger partial charge is 0.273 e. The fraction of sp³-hybridized carbons (Fsp3) is 0.0588. The predicted molar refractivity (Wildman–Crippen MR) is 96.6 cm³/mol. The molecule has 0 radical (unpaired) electrons. The monoisotopic (exact) mass is 387 g/mol. The standard InChI is InChI=1S/C17H14BrN3O3/c18-15-7-3-14(4-8-15)12-17(22)20-19-11-1-2-13-5-9-16(10-6-13)21(23)24/h1-11H,12H2,(H,20,22). The molecule has 0 saturated carbocycles. The van der Waals surface area contributed by atoms with Crippen molar-refractivity contribution in [2.75, 3.05) is 0 Å². The number of benzene rings is 2. The number of hydrogen-bond donors (Lipinski definition) is 1. The average molecular weight is 388 g/mol.